The molecule has 0 saturated heterocycles. The lowest BCUT2D eigenvalue weighted by atomic mass is 10.1. The van der Waals surface area contributed by atoms with Gasteiger partial charge < -0.3 is 9.88 Å². The number of halogens is 9. The van der Waals surface area contributed by atoms with Crippen molar-refractivity contribution in [2.75, 3.05) is 11.9 Å². The summed E-state index contributed by atoms with van der Waals surface area (Å²) in [4.78, 5) is 6.99. The van der Waals surface area contributed by atoms with Crippen LogP contribution >= 0.6 is 0 Å². The minimum Gasteiger partial charge on any atom is -0.324 e. The van der Waals surface area contributed by atoms with E-state index in [0.717, 1.165) is 23.1 Å². The average molecular weight is 427 g/mol. The number of alkyl halides is 9. The summed E-state index contributed by atoms with van der Waals surface area (Å²) in [5.74, 6) is -0.357. The van der Waals surface area contributed by atoms with Crippen LogP contribution in [0.1, 0.15) is 16.7 Å². The number of imidazole rings is 1. The van der Waals surface area contributed by atoms with E-state index in [0.29, 0.717) is 6.07 Å². The zero-order valence-electron chi connectivity index (χ0n) is 14.3. The second-order valence-corrected chi connectivity index (χ2v) is 6.08. The first-order chi connectivity index (χ1) is 13.2. The van der Waals surface area contributed by atoms with E-state index in [-0.39, 0.29) is 17.7 Å². The molecule has 2 aromatic carbocycles. The Morgan fingerprint density at radius 2 is 1.41 bits per heavy atom. The van der Waals surface area contributed by atoms with Gasteiger partial charge in [0.1, 0.15) is 5.52 Å². The first-order valence-electron chi connectivity index (χ1n) is 7.77. The van der Waals surface area contributed by atoms with Crippen LogP contribution in [-0.2, 0) is 18.5 Å². The second-order valence-electron chi connectivity index (χ2n) is 6.08. The number of aromatic nitrogens is 2. The van der Waals surface area contributed by atoms with E-state index in [1.807, 2.05) is 0 Å². The third-order valence-corrected chi connectivity index (χ3v) is 4.09. The van der Waals surface area contributed by atoms with Crippen molar-refractivity contribution in [2.24, 2.45) is 0 Å². The fraction of sp³-hybridized carbons (Fsp3) is 0.235. The van der Waals surface area contributed by atoms with Crippen LogP contribution < -0.4 is 4.90 Å². The van der Waals surface area contributed by atoms with E-state index in [1.165, 1.54) is 13.1 Å². The number of H-pyrrole nitrogens is 1. The normalized spacial score (nSPS) is 13.2. The Morgan fingerprint density at radius 1 is 0.793 bits per heavy atom. The predicted octanol–water partition coefficient (Wildman–Crippen LogP) is 6.39. The Balaban J connectivity index is 2.14. The van der Waals surface area contributed by atoms with Gasteiger partial charge in [-0.05, 0) is 30.3 Å². The highest BCUT2D eigenvalue weighted by atomic mass is 19.4. The van der Waals surface area contributed by atoms with Gasteiger partial charge in [0.15, 0.2) is 0 Å². The highest BCUT2D eigenvalue weighted by Gasteiger charge is 2.39. The molecule has 1 heterocycles. The van der Waals surface area contributed by atoms with Gasteiger partial charge in [-0.3, -0.25) is 0 Å². The maximum atomic E-state index is 13.2. The molecule has 0 atom stereocenters. The second kappa shape index (κ2) is 6.56. The summed E-state index contributed by atoms with van der Waals surface area (Å²) in [5.41, 5.74) is -5.56. The third kappa shape index (κ3) is 4.10. The van der Waals surface area contributed by atoms with Crippen molar-refractivity contribution in [3.8, 4) is 0 Å². The Labute approximate surface area is 156 Å². The molecule has 0 bridgehead atoms. The number of benzene rings is 2. The lowest BCUT2D eigenvalue weighted by Crippen LogP contribution is -2.13. The van der Waals surface area contributed by atoms with E-state index in [1.54, 1.807) is 0 Å². The molecule has 0 aliphatic carbocycles. The molecule has 0 saturated carbocycles. The quantitative estimate of drug-likeness (QED) is 0.481. The number of nitrogens with zero attached hydrogens (tertiary/aromatic N) is 2. The van der Waals surface area contributed by atoms with Crippen LogP contribution in [-0.4, -0.2) is 17.0 Å². The molecule has 1 aromatic heterocycles. The van der Waals surface area contributed by atoms with Gasteiger partial charge in [0.05, 0.1) is 22.2 Å². The minimum atomic E-state index is -5.12. The van der Waals surface area contributed by atoms with Crippen molar-refractivity contribution >= 4 is 22.7 Å². The van der Waals surface area contributed by atoms with Gasteiger partial charge in [0.2, 0.25) is 5.95 Å². The van der Waals surface area contributed by atoms with Gasteiger partial charge in [-0.2, -0.15) is 39.5 Å². The molecular formula is C17H10F9N3. The molecule has 0 fully saturated rings. The molecule has 3 nitrogen and oxygen atoms in total. The summed E-state index contributed by atoms with van der Waals surface area (Å²) in [6, 6.07) is 4.26. The molecule has 29 heavy (non-hydrogen) atoms. The first-order valence-corrected chi connectivity index (χ1v) is 7.77. The van der Waals surface area contributed by atoms with Crippen LogP contribution in [0, 0.1) is 0 Å². The van der Waals surface area contributed by atoms with E-state index >= 15 is 0 Å². The van der Waals surface area contributed by atoms with E-state index in [9.17, 15) is 39.5 Å². The van der Waals surface area contributed by atoms with Gasteiger partial charge >= 0.3 is 18.5 Å². The number of aromatic amines is 1. The van der Waals surface area contributed by atoms with Crippen LogP contribution in [0.2, 0.25) is 0 Å². The number of fused-ring (bicyclic) bond motifs is 1. The zero-order valence-corrected chi connectivity index (χ0v) is 14.3. The number of nitrogens with one attached hydrogen (secondary N) is 1. The van der Waals surface area contributed by atoms with Gasteiger partial charge in [-0.15, -0.1) is 0 Å². The van der Waals surface area contributed by atoms with Crippen LogP contribution in [0.3, 0.4) is 0 Å². The monoisotopic (exact) mass is 427 g/mol. The molecule has 3 aromatic rings. The molecule has 0 aliphatic heterocycles. The van der Waals surface area contributed by atoms with E-state index in [2.05, 4.69) is 9.97 Å². The summed E-state index contributed by atoms with van der Waals surface area (Å²) in [5, 5.41) is 0. The fourth-order valence-corrected chi connectivity index (χ4v) is 2.66. The molecule has 0 spiro atoms. The lowest BCUT2D eigenvalue weighted by Gasteiger charge is -2.17. The number of hydrogen-bond donors (Lipinski definition) is 1. The lowest BCUT2D eigenvalue weighted by molar-refractivity contribution is -0.142. The topological polar surface area (TPSA) is 31.9 Å². The largest absolute Gasteiger partial charge is 0.418 e. The molecular weight excluding hydrogens is 417 g/mol. The summed E-state index contributed by atoms with van der Waals surface area (Å²) in [6.45, 7) is 0. The average Bonchev–Trinajstić information content (AvgIpc) is 3.01. The third-order valence-electron chi connectivity index (χ3n) is 4.09. The molecule has 0 radical (unpaired) electrons. The molecule has 12 heteroatoms. The van der Waals surface area contributed by atoms with Crippen molar-refractivity contribution < 1.29 is 39.5 Å². The van der Waals surface area contributed by atoms with Crippen LogP contribution in [0.5, 0.6) is 0 Å². The Hall–Kier alpha value is -2.92. The van der Waals surface area contributed by atoms with E-state index in [4.69, 9.17) is 0 Å². The number of anilines is 2. The SMILES string of the molecule is CN(c1cccc(C(F)(F)F)c1)c1nc2c(C(F)(F)F)cc(C(F)(F)F)cc2[nH]1. The standard InChI is InChI=1S/C17H10F9N3/c1-29(10-4-2-3-8(5-10)15(18,19)20)14-27-12-7-9(16(21,22)23)6-11(13(12)28-14)17(24,25)26/h2-7H,1H3,(H,27,28). The number of rotatable bonds is 2. The Kier molecular flexibility index (Phi) is 4.71. The fourth-order valence-electron chi connectivity index (χ4n) is 2.66. The Bertz CT molecular complexity index is 1040. The summed E-state index contributed by atoms with van der Waals surface area (Å²) in [7, 11) is 1.21. The molecule has 3 rings (SSSR count). The molecule has 0 unspecified atom stereocenters. The van der Waals surface area contributed by atoms with Crippen molar-refractivity contribution in [1.82, 2.24) is 9.97 Å². The molecule has 1 N–H and O–H groups in total. The van der Waals surface area contributed by atoms with Crippen LogP contribution in [0.4, 0.5) is 51.1 Å². The van der Waals surface area contributed by atoms with Crippen molar-refractivity contribution in [1.29, 1.82) is 0 Å². The zero-order chi connectivity index (χ0) is 21.8. The summed E-state index contributed by atoms with van der Waals surface area (Å²) in [6.07, 6.45) is -14.8. The summed E-state index contributed by atoms with van der Waals surface area (Å²) >= 11 is 0. The van der Waals surface area contributed by atoms with E-state index < -0.39 is 46.3 Å². The van der Waals surface area contributed by atoms with Gasteiger partial charge in [-0.25, -0.2) is 4.98 Å². The molecule has 0 amide bonds. The predicted molar refractivity (Wildman–Crippen MR) is 85.6 cm³/mol. The minimum absolute atomic E-state index is 0.0583. The Morgan fingerprint density at radius 3 is 1.97 bits per heavy atom. The van der Waals surface area contributed by atoms with Crippen LogP contribution in [0.15, 0.2) is 36.4 Å². The van der Waals surface area contributed by atoms with Crippen LogP contribution in [0.25, 0.3) is 11.0 Å². The molecule has 156 valence electrons. The van der Waals surface area contributed by atoms with Gasteiger partial charge in [0.25, 0.3) is 0 Å². The smallest absolute Gasteiger partial charge is 0.324 e. The maximum absolute atomic E-state index is 13.2. The van der Waals surface area contributed by atoms with Crippen molar-refractivity contribution in [3.63, 3.8) is 0 Å². The maximum Gasteiger partial charge on any atom is 0.418 e. The first kappa shape index (κ1) is 20.8. The van der Waals surface area contributed by atoms with Crippen molar-refractivity contribution in [2.45, 2.75) is 18.5 Å². The highest BCUT2D eigenvalue weighted by molar-refractivity contribution is 5.83. The van der Waals surface area contributed by atoms with Crippen molar-refractivity contribution in [3.05, 3.63) is 53.1 Å². The highest BCUT2D eigenvalue weighted by Crippen LogP contribution is 2.40. The van der Waals surface area contributed by atoms with Gasteiger partial charge in [0, 0.05) is 12.7 Å². The van der Waals surface area contributed by atoms with Gasteiger partial charge in [-0.1, -0.05) is 6.07 Å². The summed E-state index contributed by atoms with van der Waals surface area (Å²) < 4.78 is 117. The number of hydrogen-bond acceptors (Lipinski definition) is 2. The molecule has 0 aliphatic rings.